The Bertz CT molecular complexity index is 3570. The van der Waals surface area contributed by atoms with E-state index in [4.69, 9.17) is 18.4 Å². The number of halogens is 1. The fraction of sp³-hybridized carbons (Fsp3) is 0.208. The molecule has 72 heavy (non-hydrogen) atoms. The van der Waals surface area contributed by atoms with Crippen LogP contribution < -0.4 is 32.0 Å². The maximum absolute atomic E-state index is 11.9. The first kappa shape index (κ1) is 54.0. The first-order chi connectivity index (χ1) is 34.4. The molecule has 0 unspecified atom stereocenters. The molecule has 0 spiro atoms. The van der Waals surface area contributed by atoms with Gasteiger partial charge in [0, 0.05) is 57.8 Å². The van der Waals surface area contributed by atoms with Crippen LogP contribution in [-0.4, -0.2) is 58.4 Å². The molecule has 0 aliphatic rings. The third-order valence-corrected chi connectivity index (χ3v) is 14.6. The topological polar surface area (TPSA) is 199 Å². The molecule has 0 amide bonds. The van der Waals surface area contributed by atoms with E-state index in [1.807, 2.05) is 50.2 Å². The Hall–Kier alpha value is -7.32. The average Bonchev–Trinajstić information content (AvgIpc) is 4.09. The molecule has 0 saturated heterocycles. The summed E-state index contributed by atoms with van der Waals surface area (Å²) in [4.78, 5) is 72.9. The first-order valence-corrected chi connectivity index (χ1v) is 25.4. The Labute approximate surface area is 433 Å². The van der Waals surface area contributed by atoms with Gasteiger partial charge in [-0.15, -0.1) is 34.0 Å². The van der Waals surface area contributed by atoms with Crippen molar-refractivity contribution in [1.29, 1.82) is 0 Å². The number of alkyl halides is 1. The van der Waals surface area contributed by atoms with Gasteiger partial charge in [-0.2, -0.15) is 0 Å². The standard InChI is InChI=1S/C18H17NO4S.C17H15NO4S.C10H9NO4S.C8H9Br/c1-11-5-4-6-12(7-11)10-19(2)16-9-14-15(24-16)8-13(17(20)22-3)18(21)23-14;1-10-4-3-5-11(6-10)9-18(2)15-8-13-14(23-15)7-12(16(19)20)17(21)22-13;1-11-8-4-6-7(16-8)3-5(9(12)14-2)10(13)15-6;1-7-3-2-4-8(5-7)6-9/h4-9H,10H2,1-3H3;3-8H,9H2,1-2H3,(H,19,20);3-4,11H,1-2H3;2-5H,6H2,1H3. The summed E-state index contributed by atoms with van der Waals surface area (Å²) in [5, 5.41) is 15.6. The first-order valence-electron chi connectivity index (χ1n) is 21.9. The third-order valence-electron chi connectivity index (χ3n) is 10.5. The van der Waals surface area contributed by atoms with Gasteiger partial charge in [0.1, 0.15) is 16.7 Å². The maximum Gasteiger partial charge on any atom is 0.351 e. The number of nitrogens with zero attached hydrogens (tertiary/aromatic N) is 2. The van der Waals surface area contributed by atoms with Crippen LogP contribution in [0.4, 0.5) is 15.0 Å². The van der Waals surface area contributed by atoms with Gasteiger partial charge in [-0.25, -0.2) is 28.8 Å². The summed E-state index contributed by atoms with van der Waals surface area (Å²) in [7, 11) is 8.15. The molecule has 19 heteroatoms. The van der Waals surface area contributed by atoms with Crippen LogP contribution in [0.15, 0.2) is 137 Å². The van der Waals surface area contributed by atoms with Gasteiger partial charge in [0.05, 0.1) is 43.3 Å². The van der Waals surface area contributed by atoms with Crippen molar-refractivity contribution in [3.63, 3.8) is 0 Å². The number of hydrogen-bond donors (Lipinski definition) is 2. The van der Waals surface area contributed by atoms with Crippen LogP contribution >= 0.6 is 49.9 Å². The minimum absolute atomic E-state index is 0.0836. The zero-order chi connectivity index (χ0) is 52.2. The highest BCUT2D eigenvalue weighted by Gasteiger charge is 2.19. The molecular weight excluding hydrogens is 1050 g/mol. The number of nitrogens with one attached hydrogen (secondary N) is 1. The van der Waals surface area contributed by atoms with Crippen molar-refractivity contribution in [2.45, 2.75) is 39.2 Å². The predicted molar refractivity (Wildman–Crippen MR) is 291 cm³/mol. The summed E-state index contributed by atoms with van der Waals surface area (Å²) in [6.07, 6.45) is 0. The minimum atomic E-state index is -1.27. The van der Waals surface area contributed by atoms with Gasteiger partial charge in [-0.1, -0.05) is 105 Å². The molecule has 9 rings (SSSR count). The zero-order valence-electron chi connectivity index (χ0n) is 40.4. The van der Waals surface area contributed by atoms with Crippen LogP contribution in [0.1, 0.15) is 64.5 Å². The quantitative estimate of drug-likeness (QED) is 0.0915. The van der Waals surface area contributed by atoms with Crippen LogP contribution in [0, 0.1) is 20.8 Å². The zero-order valence-corrected chi connectivity index (χ0v) is 44.5. The lowest BCUT2D eigenvalue weighted by Crippen LogP contribution is -2.14. The summed E-state index contributed by atoms with van der Waals surface area (Å²) in [6, 6.07) is 34.7. The summed E-state index contributed by atoms with van der Waals surface area (Å²) < 4.78 is 26.6. The molecule has 2 N–H and O–H groups in total. The number of carboxylic acid groups (broad SMARTS) is 1. The van der Waals surface area contributed by atoms with Crippen molar-refractivity contribution in [2.24, 2.45) is 0 Å². The van der Waals surface area contributed by atoms with E-state index in [-0.39, 0.29) is 16.7 Å². The number of aryl methyl sites for hydroxylation is 3. The summed E-state index contributed by atoms with van der Waals surface area (Å²) in [5.41, 5.74) is 6.12. The third kappa shape index (κ3) is 14.0. The Morgan fingerprint density at radius 3 is 1.32 bits per heavy atom. The SMILES string of the molecule is CNc1cc2oc(=O)c(C(=O)OC)cc2s1.COC(=O)c1cc2sc(N(C)Cc3cccc(C)c3)cc2oc1=O.Cc1cccc(CBr)c1.Cc1cccc(CN(C)c2cc3oc(=O)c(C(=O)O)cc3s2)c1. The second-order valence-corrected chi connectivity index (χ2v) is 19.9. The number of carbonyl (C=O) groups is 3. The Morgan fingerprint density at radius 2 is 0.944 bits per heavy atom. The molecule has 0 bridgehead atoms. The number of esters is 2. The van der Waals surface area contributed by atoms with Crippen LogP contribution in [0.25, 0.3) is 30.8 Å². The Kier molecular flexibility index (Phi) is 18.5. The summed E-state index contributed by atoms with van der Waals surface area (Å²) >= 11 is 7.65. The monoisotopic (exact) mass is 1100 g/mol. The smallest absolute Gasteiger partial charge is 0.351 e. The van der Waals surface area contributed by atoms with Crippen LogP contribution in [0.5, 0.6) is 0 Å². The molecule has 15 nitrogen and oxygen atoms in total. The Morgan fingerprint density at radius 1 is 0.569 bits per heavy atom. The van der Waals surface area contributed by atoms with Gasteiger partial charge >= 0.3 is 34.8 Å². The molecule has 3 aromatic carbocycles. The number of fused-ring (bicyclic) bond motifs is 3. The number of rotatable bonds is 11. The van der Waals surface area contributed by atoms with E-state index in [0.717, 1.165) is 36.3 Å². The largest absolute Gasteiger partial charge is 0.477 e. The van der Waals surface area contributed by atoms with Gasteiger partial charge in [0.25, 0.3) is 0 Å². The lowest BCUT2D eigenvalue weighted by atomic mass is 10.1. The fourth-order valence-corrected chi connectivity index (χ4v) is 10.2. The van der Waals surface area contributed by atoms with Gasteiger partial charge in [0.15, 0.2) is 16.7 Å². The molecule has 0 saturated carbocycles. The molecule has 0 aliphatic heterocycles. The average molecular weight is 1100 g/mol. The summed E-state index contributed by atoms with van der Waals surface area (Å²) in [6.45, 7) is 7.66. The number of anilines is 3. The predicted octanol–water partition coefficient (Wildman–Crippen LogP) is 11.7. The number of thiophene rings is 3. The number of carboxylic acids is 1. The van der Waals surface area contributed by atoms with E-state index < -0.39 is 34.8 Å². The number of benzene rings is 3. The molecule has 0 radical (unpaired) electrons. The van der Waals surface area contributed by atoms with Crippen LogP contribution in [-0.2, 0) is 27.9 Å². The Balaban J connectivity index is 0.000000165. The van der Waals surface area contributed by atoms with Crippen LogP contribution in [0.3, 0.4) is 0 Å². The minimum Gasteiger partial charge on any atom is -0.477 e. The lowest BCUT2D eigenvalue weighted by Gasteiger charge is -2.17. The number of aromatic carboxylic acids is 1. The number of methoxy groups -OCH3 is 2. The maximum atomic E-state index is 11.9. The van der Waals surface area contributed by atoms with Crippen molar-refractivity contribution in [1.82, 2.24) is 0 Å². The number of carbonyl (C=O) groups excluding carboxylic acids is 2. The molecule has 0 fully saturated rings. The van der Waals surface area contributed by atoms with E-state index in [1.54, 1.807) is 19.2 Å². The van der Waals surface area contributed by atoms with Crippen molar-refractivity contribution in [3.8, 4) is 0 Å². The van der Waals surface area contributed by atoms with Gasteiger partial charge in [0.2, 0.25) is 0 Å². The second-order valence-electron chi connectivity index (χ2n) is 16.2. The van der Waals surface area contributed by atoms with Gasteiger partial charge < -0.3 is 42.9 Å². The van der Waals surface area contributed by atoms with Gasteiger partial charge in [-0.3, -0.25) is 0 Å². The number of hydrogen-bond acceptors (Lipinski definition) is 17. The lowest BCUT2D eigenvalue weighted by molar-refractivity contribution is 0.0587. The van der Waals surface area contributed by atoms with Gasteiger partial charge in [-0.05, 0) is 55.7 Å². The molecule has 0 atom stereocenters. The highest BCUT2D eigenvalue weighted by atomic mass is 79.9. The molecule has 0 aliphatic carbocycles. The summed E-state index contributed by atoms with van der Waals surface area (Å²) in [5.74, 6) is -2.65. The fourth-order valence-electron chi connectivity index (χ4n) is 6.99. The molecule has 374 valence electrons. The highest BCUT2D eigenvalue weighted by molar-refractivity contribution is 9.08. The molecular formula is C53H50BrN3O12S3. The van der Waals surface area contributed by atoms with Crippen LogP contribution in [0.2, 0.25) is 0 Å². The molecule has 9 aromatic rings. The van der Waals surface area contributed by atoms with Crippen molar-refractivity contribution >= 4 is 114 Å². The van der Waals surface area contributed by atoms with Crippen molar-refractivity contribution < 1.29 is 42.2 Å². The highest BCUT2D eigenvalue weighted by Crippen LogP contribution is 2.34. The van der Waals surface area contributed by atoms with Crippen molar-refractivity contribution in [3.05, 3.63) is 191 Å². The van der Waals surface area contributed by atoms with E-state index in [0.29, 0.717) is 28.0 Å². The molecule has 6 heterocycles. The normalized spacial score (nSPS) is 10.6. The van der Waals surface area contributed by atoms with E-state index >= 15 is 0 Å². The van der Waals surface area contributed by atoms with E-state index in [2.05, 4.69) is 104 Å². The van der Waals surface area contributed by atoms with E-state index in [9.17, 15) is 28.8 Å². The van der Waals surface area contributed by atoms with E-state index in [1.165, 1.54) is 99.8 Å². The second kappa shape index (κ2) is 24.7. The van der Waals surface area contributed by atoms with Crippen molar-refractivity contribution in [2.75, 3.05) is 50.5 Å². The number of ether oxygens (including phenoxy) is 2. The molecule has 6 aromatic heterocycles.